The van der Waals surface area contributed by atoms with Crippen LogP contribution < -0.4 is 11.5 Å². The Kier molecular flexibility index (Phi) is 3.31. The van der Waals surface area contributed by atoms with Crippen LogP contribution in [0.4, 0.5) is 5.69 Å². The molecule has 1 aromatic heterocycles. The average Bonchev–Trinajstić information content (AvgIpc) is 2.83. The van der Waals surface area contributed by atoms with E-state index in [0.29, 0.717) is 29.2 Å². The van der Waals surface area contributed by atoms with Crippen LogP contribution in [0, 0.1) is 0 Å². The van der Waals surface area contributed by atoms with Gasteiger partial charge in [-0.2, -0.15) is 0 Å². The first-order valence-corrected chi connectivity index (χ1v) is 6.82. The van der Waals surface area contributed by atoms with Crippen molar-refractivity contribution in [1.29, 1.82) is 0 Å². The Hall–Kier alpha value is -2.08. The zero-order valence-corrected chi connectivity index (χ0v) is 11.2. The monoisotopic (exact) mass is 274 g/mol. The summed E-state index contributed by atoms with van der Waals surface area (Å²) in [5.41, 5.74) is 13.3. The number of anilines is 1. The molecule has 0 radical (unpaired) electrons. The van der Waals surface area contributed by atoms with Crippen LogP contribution in [0.1, 0.15) is 25.2 Å². The number of nitrogens with zero attached hydrogens (tertiary/aromatic N) is 2. The molecule has 1 amide bonds. The molecule has 1 aliphatic heterocycles. The van der Waals surface area contributed by atoms with Gasteiger partial charge in [0.15, 0.2) is 5.58 Å². The molecule has 4 N–H and O–H groups in total. The number of carbonyl (C=O) groups excluding carboxylic acids is 1. The third-order valence-corrected chi connectivity index (χ3v) is 3.77. The molecule has 1 saturated heterocycles. The number of hydrogen-bond acceptors (Lipinski definition) is 5. The summed E-state index contributed by atoms with van der Waals surface area (Å²) in [5, 5.41) is 0. The van der Waals surface area contributed by atoms with E-state index in [1.54, 1.807) is 6.07 Å². The molecule has 0 saturated carbocycles. The van der Waals surface area contributed by atoms with Crippen LogP contribution >= 0.6 is 0 Å². The third-order valence-electron chi connectivity index (χ3n) is 3.77. The van der Waals surface area contributed by atoms with E-state index in [9.17, 15) is 4.79 Å². The van der Waals surface area contributed by atoms with Crippen molar-refractivity contribution in [1.82, 2.24) is 9.88 Å². The van der Waals surface area contributed by atoms with Crippen molar-refractivity contribution >= 4 is 22.7 Å². The second kappa shape index (κ2) is 5.13. The van der Waals surface area contributed by atoms with Gasteiger partial charge in [0.25, 0.3) is 0 Å². The first-order valence-electron chi connectivity index (χ1n) is 6.82. The summed E-state index contributed by atoms with van der Waals surface area (Å²) in [4.78, 5) is 17.9. The van der Waals surface area contributed by atoms with Gasteiger partial charge in [0.05, 0.1) is 18.3 Å². The predicted molar refractivity (Wildman–Crippen MR) is 75.7 cm³/mol. The van der Waals surface area contributed by atoms with Crippen molar-refractivity contribution < 1.29 is 9.21 Å². The number of aromatic nitrogens is 1. The molecule has 1 unspecified atom stereocenters. The maximum Gasteiger partial charge on any atom is 0.234 e. The van der Waals surface area contributed by atoms with Gasteiger partial charge < -0.3 is 15.9 Å². The van der Waals surface area contributed by atoms with E-state index < -0.39 is 0 Å². The topological polar surface area (TPSA) is 98.4 Å². The van der Waals surface area contributed by atoms with Gasteiger partial charge in [0, 0.05) is 0 Å². The summed E-state index contributed by atoms with van der Waals surface area (Å²) in [6, 6.07) is 5.24. The van der Waals surface area contributed by atoms with E-state index in [2.05, 4.69) is 4.98 Å². The number of nitrogens with two attached hydrogens (primary N) is 2. The van der Waals surface area contributed by atoms with Gasteiger partial charge >= 0.3 is 0 Å². The average molecular weight is 274 g/mol. The molecule has 1 atom stereocenters. The number of benzene rings is 1. The lowest BCUT2D eigenvalue weighted by Gasteiger charge is -2.32. The SMILES string of the molecule is NC(=O)C1CCCCN1Cc1nc2c(N)cccc2o1. The van der Waals surface area contributed by atoms with E-state index >= 15 is 0 Å². The summed E-state index contributed by atoms with van der Waals surface area (Å²) in [6.07, 6.45) is 2.90. The van der Waals surface area contributed by atoms with Gasteiger partial charge in [-0.1, -0.05) is 12.5 Å². The predicted octanol–water partition coefficient (Wildman–Crippen LogP) is 1.25. The highest BCUT2D eigenvalue weighted by molar-refractivity contribution is 5.85. The molecule has 6 nitrogen and oxygen atoms in total. The number of nitrogen functional groups attached to an aromatic ring is 1. The number of primary amides is 1. The Morgan fingerprint density at radius 1 is 1.45 bits per heavy atom. The van der Waals surface area contributed by atoms with Gasteiger partial charge in [0.1, 0.15) is 5.52 Å². The molecule has 2 heterocycles. The highest BCUT2D eigenvalue weighted by Crippen LogP contribution is 2.24. The second-order valence-electron chi connectivity index (χ2n) is 5.19. The fourth-order valence-electron chi connectivity index (χ4n) is 2.76. The van der Waals surface area contributed by atoms with E-state index in [1.807, 2.05) is 17.0 Å². The normalized spacial score (nSPS) is 20.3. The quantitative estimate of drug-likeness (QED) is 0.821. The molecule has 6 heteroatoms. The van der Waals surface area contributed by atoms with Crippen molar-refractivity contribution in [3.05, 3.63) is 24.1 Å². The Morgan fingerprint density at radius 2 is 2.30 bits per heavy atom. The number of likely N-dealkylation sites (tertiary alicyclic amines) is 1. The summed E-state index contributed by atoms with van der Waals surface area (Å²) < 4.78 is 5.69. The molecular weight excluding hydrogens is 256 g/mol. The van der Waals surface area contributed by atoms with Crippen LogP contribution in [0.15, 0.2) is 22.6 Å². The van der Waals surface area contributed by atoms with E-state index in [0.717, 1.165) is 25.8 Å². The van der Waals surface area contributed by atoms with Gasteiger partial charge in [-0.3, -0.25) is 9.69 Å². The van der Waals surface area contributed by atoms with Gasteiger partial charge in [-0.05, 0) is 31.5 Å². The number of carbonyl (C=O) groups is 1. The molecular formula is C14H18N4O2. The van der Waals surface area contributed by atoms with Crippen LogP contribution in [0.25, 0.3) is 11.1 Å². The Balaban J connectivity index is 1.84. The summed E-state index contributed by atoms with van der Waals surface area (Å²) >= 11 is 0. The highest BCUT2D eigenvalue weighted by Gasteiger charge is 2.28. The molecule has 1 aliphatic rings. The molecule has 1 fully saturated rings. The van der Waals surface area contributed by atoms with Crippen LogP contribution in [0.5, 0.6) is 0 Å². The number of hydrogen-bond donors (Lipinski definition) is 2. The fraction of sp³-hybridized carbons (Fsp3) is 0.429. The minimum absolute atomic E-state index is 0.226. The van der Waals surface area contributed by atoms with Gasteiger partial charge in [0.2, 0.25) is 11.8 Å². The molecule has 2 aromatic rings. The maximum atomic E-state index is 11.5. The molecule has 1 aromatic carbocycles. The standard InChI is InChI=1S/C14H18N4O2/c15-9-4-3-6-11-13(9)17-12(20-11)8-18-7-2-1-5-10(18)14(16)19/h3-4,6,10H,1-2,5,7-8,15H2,(H2,16,19). The zero-order chi connectivity index (χ0) is 14.1. The van der Waals surface area contributed by atoms with Crippen molar-refractivity contribution in [3.63, 3.8) is 0 Å². The Bertz CT molecular complexity index is 637. The van der Waals surface area contributed by atoms with Crippen LogP contribution in [-0.2, 0) is 11.3 Å². The van der Waals surface area contributed by atoms with Crippen molar-refractivity contribution in [3.8, 4) is 0 Å². The lowest BCUT2D eigenvalue weighted by Crippen LogP contribution is -2.47. The zero-order valence-electron chi connectivity index (χ0n) is 11.2. The number of para-hydroxylation sites is 1. The second-order valence-corrected chi connectivity index (χ2v) is 5.19. The van der Waals surface area contributed by atoms with Crippen molar-refractivity contribution in [2.45, 2.75) is 31.8 Å². The third kappa shape index (κ3) is 2.34. The number of piperidine rings is 1. The van der Waals surface area contributed by atoms with Gasteiger partial charge in [-0.15, -0.1) is 0 Å². The first kappa shape index (κ1) is 12.9. The minimum atomic E-state index is -0.277. The van der Waals surface area contributed by atoms with Gasteiger partial charge in [-0.25, -0.2) is 4.98 Å². The minimum Gasteiger partial charge on any atom is -0.439 e. The highest BCUT2D eigenvalue weighted by atomic mass is 16.3. The van der Waals surface area contributed by atoms with Crippen LogP contribution in [0.3, 0.4) is 0 Å². The Labute approximate surface area is 116 Å². The van der Waals surface area contributed by atoms with Crippen molar-refractivity contribution in [2.75, 3.05) is 12.3 Å². The molecule has 0 aliphatic carbocycles. The first-order chi connectivity index (χ1) is 9.65. The molecule has 20 heavy (non-hydrogen) atoms. The fourth-order valence-corrected chi connectivity index (χ4v) is 2.76. The Morgan fingerprint density at radius 3 is 3.05 bits per heavy atom. The lowest BCUT2D eigenvalue weighted by molar-refractivity contribution is -0.124. The number of oxazole rings is 1. The molecule has 0 spiro atoms. The van der Waals surface area contributed by atoms with E-state index in [-0.39, 0.29) is 11.9 Å². The summed E-state index contributed by atoms with van der Waals surface area (Å²) in [6.45, 7) is 1.32. The van der Waals surface area contributed by atoms with Crippen molar-refractivity contribution in [2.24, 2.45) is 5.73 Å². The molecule has 106 valence electrons. The maximum absolute atomic E-state index is 11.5. The number of amides is 1. The molecule has 3 rings (SSSR count). The lowest BCUT2D eigenvalue weighted by atomic mass is 10.0. The number of rotatable bonds is 3. The van der Waals surface area contributed by atoms with E-state index in [1.165, 1.54) is 0 Å². The number of fused-ring (bicyclic) bond motifs is 1. The largest absolute Gasteiger partial charge is 0.439 e. The van der Waals surface area contributed by atoms with Crippen LogP contribution in [0.2, 0.25) is 0 Å². The van der Waals surface area contributed by atoms with Crippen LogP contribution in [-0.4, -0.2) is 28.4 Å². The summed E-state index contributed by atoms with van der Waals surface area (Å²) in [5.74, 6) is 0.298. The van der Waals surface area contributed by atoms with E-state index in [4.69, 9.17) is 15.9 Å². The smallest absolute Gasteiger partial charge is 0.234 e. The summed E-state index contributed by atoms with van der Waals surface area (Å²) in [7, 11) is 0. The molecule has 0 bridgehead atoms.